The number of anilines is 1. The molecule has 9 rings (SSSR count). The Bertz CT molecular complexity index is 2090. The van der Waals surface area contributed by atoms with Gasteiger partial charge in [0.2, 0.25) is 0 Å². The molecule has 4 fully saturated rings. The van der Waals surface area contributed by atoms with Gasteiger partial charge in [-0.3, -0.25) is 4.90 Å². The fraction of sp³-hybridized carbons (Fsp3) is 0.368. The lowest BCUT2D eigenvalue weighted by atomic mass is 9.95. The molecule has 4 atom stereocenters. The summed E-state index contributed by atoms with van der Waals surface area (Å²) in [6.07, 6.45) is 3.78. The summed E-state index contributed by atoms with van der Waals surface area (Å²) in [7, 11) is 0. The second-order valence-corrected chi connectivity index (χ2v) is 14.8. The molecule has 4 aromatic carbocycles. The molecular weight excluding hydrogens is 664 g/mol. The molecule has 0 aliphatic carbocycles. The molecule has 11 heteroatoms. The van der Waals surface area contributed by atoms with Gasteiger partial charge in [-0.15, -0.1) is 0 Å². The summed E-state index contributed by atoms with van der Waals surface area (Å²) in [6.45, 7) is 3.28. The maximum Gasteiger partial charge on any atom is 0.319 e. The average molecular weight is 701 g/mol. The Morgan fingerprint density at radius 3 is 2.57 bits per heavy atom. The number of hydrogen-bond acceptors (Lipinski definition) is 8. The molecule has 252 valence electrons. The van der Waals surface area contributed by atoms with E-state index >= 15 is 0 Å². The van der Waals surface area contributed by atoms with Crippen LogP contribution in [-0.4, -0.2) is 76.6 Å². The van der Waals surface area contributed by atoms with Crippen LogP contribution in [0.25, 0.3) is 32.8 Å². The maximum absolute atomic E-state index is 14.6. The average Bonchev–Trinajstić information content (AvgIpc) is 3.74. The Kier molecular flexibility index (Phi) is 7.72. The summed E-state index contributed by atoms with van der Waals surface area (Å²) in [4.78, 5) is 14.6. The number of alkyl halides is 1. The fourth-order valence-corrected chi connectivity index (χ4v) is 9.02. The first-order valence-corrected chi connectivity index (χ1v) is 17.8. The highest BCUT2D eigenvalue weighted by Crippen LogP contribution is 2.46. The van der Waals surface area contributed by atoms with E-state index in [-0.39, 0.29) is 17.3 Å². The number of para-hydroxylation sites is 1. The number of fused-ring (bicyclic) bond motifs is 5. The molecule has 2 bridgehead atoms. The Balaban J connectivity index is 1.23. The van der Waals surface area contributed by atoms with E-state index in [9.17, 15) is 9.50 Å². The van der Waals surface area contributed by atoms with Gasteiger partial charge in [0.15, 0.2) is 0 Å². The Hall–Kier alpha value is -3.89. The molecular formula is C38H36Cl2FN5O3. The van der Waals surface area contributed by atoms with Gasteiger partial charge in [-0.05, 0) is 85.6 Å². The normalized spacial score (nSPS) is 25.0. The Morgan fingerprint density at radius 1 is 0.918 bits per heavy atom. The smallest absolute Gasteiger partial charge is 0.319 e. The van der Waals surface area contributed by atoms with Gasteiger partial charge in [-0.25, -0.2) is 4.39 Å². The first-order valence-electron chi connectivity index (χ1n) is 17.0. The van der Waals surface area contributed by atoms with Crippen molar-refractivity contribution in [2.45, 2.75) is 55.9 Å². The van der Waals surface area contributed by atoms with Crippen LogP contribution in [0.5, 0.6) is 23.3 Å². The Labute approximate surface area is 293 Å². The summed E-state index contributed by atoms with van der Waals surface area (Å²) in [5, 5.41) is 18.0. The van der Waals surface area contributed by atoms with Gasteiger partial charge in [0.05, 0.1) is 16.1 Å². The highest BCUT2D eigenvalue weighted by Gasteiger charge is 2.49. The van der Waals surface area contributed by atoms with Gasteiger partial charge in [0.25, 0.3) is 0 Å². The quantitative estimate of drug-likeness (QED) is 0.176. The summed E-state index contributed by atoms with van der Waals surface area (Å²) in [6, 6.07) is 21.3. The zero-order valence-electron chi connectivity index (χ0n) is 26.8. The molecule has 4 aliphatic rings. The third kappa shape index (κ3) is 5.61. The minimum absolute atomic E-state index is 0.0975. The lowest BCUT2D eigenvalue weighted by Crippen LogP contribution is -2.51. The van der Waals surface area contributed by atoms with E-state index < -0.39 is 6.17 Å². The zero-order valence-corrected chi connectivity index (χ0v) is 28.4. The molecule has 2 N–H and O–H groups in total. The van der Waals surface area contributed by atoms with Crippen LogP contribution in [0.4, 0.5) is 10.2 Å². The molecule has 4 saturated heterocycles. The van der Waals surface area contributed by atoms with E-state index in [2.05, 4.69) is 15.1 Å². The predicted molar refractivity (Wildman–Crippen MR) is 191 cm³/mol. The molecule has 8 nitrogen and oxygen atoms in total. The molecule has 1 aromatic heterocycles. The number of nitrogens with zero attached hydrogens (tertiary/aromatic N) is 4. The molecule has 0 unspecified atom stereocenters. The Morgan fingerprint density at radius 2 is 1.73 bits per heavy atom. The number of rotatable bonds is 7. The van der Waals surface area contributed by atoms with Crippen molar-refractivity contribution in [2.24, 2.45) is 0 Å². The number of phenols is 1. The number of halogens is 3. The van der Waals surface area contributed by atoms with Crippen LogP contribution in [0.1, 0.15) is 32.1 Å². The van der Waals surface area contributed by atoms with Crippen LogP contribution < -0.4 is 19.7 Å². The fourth-order valence-electron chi connectivity index (χ4n) is 8.56. The highest BCUT2D eigenvalue weighted by atomic mass is 35.5. The third-order valence-corrected chi connectivity index (χ3v) is 11.4. The number of hydrogen-bond donors (Lipinski definition) is 2. The topological polar surface area (TPSA) is 83.0 Å². The van der Waals surface area contributed by atoms with Crippen molar-refractivity contribution in [3.05, 3.63) is 76.8 Å². The van der Waals surface area contributed by atoms with Crippen molar-refractivity contribution in [3.63, 3.8) is 0 Å². The monoisotopic (exact) mass is 699 g/mol. The van der Waals surface area contributed by atoms with Crippen LogP contribution in [0.15, 0.2) is 66.7 Å². The number of benzene rings is 4. The lowest BCUT2D eigenvalue weighted by Gasteiger charge is -2.34. The van der Waals surface area contributed by atoms with Gasteiger partial charge in [-0.1, -0.05) is 47.5 Å². The number of piperazine rings is 1. The standard InChI is InChI=1S/C38H36Cl2FN5O3/c39-30-6-1-2-8-33(30)49-34-16-29-32(15-27(34)28-14-26(47)13-22-5-3-7-31(40)35(22)28)43-37(44-36(29)45-19-24-9-10-25(20-45)42-24)48-21-38-11-4-12-46(38)18-23(41)17-38/h1-3,5-8,13-16,23-25,42,47H,4,9-12,17-21H2/t23-,24-,25+,38+/m1/s1. The van der Waals surface area contributed by atoms with Crippen LogP contribution in [0.2, 0.25) is 10.0 Å². The van der Waals surface area contributed by atoms with Crippen molar-refractivity contribution in [1.82, 2.24) is 20.2 Å². The zero-order chi connectivity index (χ0) is 33.3. The van der Waals surface area contributed by atoms with Gasteiger partial charge in [0.1, 0.15) is 35.8 Å². The number of phenolic OH excluding ortho intramolecular Hbond substituents is 1. The molecule has 5 aromatic rings. The molecule has 0 saturated carbocycles. The summed E-state index contributed by atoms with van der Waals surface area (Å²) >= 11 is 13.4. The molecule has 0 amide bonds. The molecule has 0 radical (unpaired) electrons. The number of ether oxygens (including phenoxy) is 2. The first kappa shape index (κ1) is 31.1. The van der Waals surface area contributed by atoms with E-state index in [1.165, 1.54) is 0 Å². The molecule has 49 heavy (non-hydrogen) atoms. The van der Waals surface area contributed by atoms with E-state index in [0.29, 0.717) is 69.8 Å². The first-order chi connectivity index (χ1) is 23.8. The van der Waals surface area contributed by atoms with Crippen molar-refractivity contribution in [3.8, 4) is 34.4 Å². The van der Waals surface area contributed by atoms with Gasteiger partial charge in [0, 0.05) is 59.5 Å². The third-order valence-electron chi connectivity index (χ3n) is 10.8. The predicted octanol–water partition coefficient (Wildman–Crippen LogP) is 8.15. The second-order valence-electron chi connectivity index (χ2n) is 14.0. The van der Waals surface area contributed by atoms with Gasteiger partial charge < -0.3 is 24.8 Å². The maximum atomic E-state index is 14.6. The van der Waals surface area contributed by atoms with E-state index in [1.54, 1.807) is 18.2 Å². The molecule has 4 aliphatic heterocycles. The largest absolute Gasteiger partial charge is 0.508 e. The van der Waals surface area contributed by atoms with Crippen LogP contribution in [-0.2, 0) is 0 Å². The number of nitrogens with one attached hydrogen (secondary N) is 1. The summed E-state index contributed by atoms with van der Waals surface area (Å²) in [5.74, 6) is 1.87. The van der Waals surface area contributed by atoms with Crippen molar-refractivity contribution < 1.29 is 19.0 Å². The number of aromatic nitrogens is 2. The molecule has 0 spiro atoms. The van der Waals surface area contributed by atoms with Crippen LogP contribution in [0.3, 0.4) is 0 Å². The van der Waals surface area contributed by atoms with E-state index in [4.69, 9.17) is 42.6 Å². The number of aromatic hydroxyl groups is 1. The summed E-state index contributed by atoms with van der Waals surface area (Å²) in [5.41, 5.74) is 1.69. The van der Waals surface area contributed by atoms with E-state index in [1.807, 2.05) is 48.5 Å². The second kappa shape index (κ2) is 12.2. The van der Waals surface area contributed by atoms with Gasteiger partial charge in [-0.2, -0.15) is 9.97 Å². The minimum Gasteiger partial charge on any atom is -0.508 e. The van der Waals surface area contributed by atoms with Crippen LogP contribution in [0, 0.1) is 0 Å². The summed E-state index contributed by atoms with van der Waals surface area (Å²) < 4.78 is 27.7. The van der Waals surface area contributed by atoms with Crippen molar-refractivity contribution >= 4 is 50.7 Å². The van der Waals surface area contributed by atoms with Crippen LogP contribution >= 0.6 is 23.2 Å². The lowest BCUT2D eigenvalue weighted by molar-refractivity contribution is 0.107. The SMILES string of the molecule is Oc1cc(-c2cc3nc(OC[C@@]45CCCN4C[C@H](F)C5)nc(N4C[C@H]5CC[C@@H](C4)N5)c3cc2Oc2ccccc2Cl)c2c(Cl)cccc2c1. The van der Waals surface area contributed by atoms with Crippen molar-refractivity contribution in [2.75, 3.05) is 37.7 Å². The van der Waals surface area contributed by atoms with Crippen molar-refractivity contribution in [1.29, 1.82) is 0 Å². The van der Waals surface area contributed by atoms with Gasteiger partial charge >= 0.3 is 6.01 Å². The van der Waals surface area contributed by atoms with E-state index in [0.717, 1.165) is 67.3 Å². The highest BCUT2D eigenvalue weighted by molar-refractivity contribution is 6.37. The minimum atomic E-state index is -0.851. The molecule has 5 heterocycles.